The van der Waals surface area contributed by atoms with Gasteiger partial charge >= 0.3 is 0 Å². The normalized spacial score (nSPS) is 11.2. The van der Waals surface area contributed by atoms with Crippen molar-refractivity contribution in [2.75, 3.05) is 0 Å². The molecule has 5 heteroatoms. The highest BCUT2D eigenvalue weighted by atomic mass is 32.1. The molecule has 0 bridgehead atoms. The Hall–Kier alpha value is -2.01. The molecule has 22 heavy (non-hydrogen) atoms. The Labute approximate surface area is 133 Å². The summed E-state index contributed by atoms with van der Waals surface area (Å²) in [6.07, 6.45) is 4.15. The Morgan fingerprint density at radius 3 is 2.82 bits per heavy atom. The van der Waals surface area contributed by atoms with Crippen LogP contribution in [0.5, 0.6) is 0 Å². The zero-order valence-corrected chi connectivity index (χ0v) is 13.9. The van der Waals surface area contributed by atoms with Crippen molar-refractivity contribution >= 4 is 21.6 Å². The summed E-state index contributed by atoms with van der Waals surface area (Å²) in [5.74, 6) is 0.742. The average Bonchev–Trinajstić information content (AvgIpc) is 2.82. The van der Waals surface area contributed by atoms with Crippen LogP contribution >= 0.6 is 11.3 Å². The van der Waals surface area contributed by atoms with Crippen molar-refractivity contribution in [2.45, 2.75) is 40.0 Å². The lowest BCUT2D eigenvalue weighted by Gasteiger charge is -2.04. The third-order valence-corrected chi connectivity index (χ3v) is 5.02. The molecule has 1 N–H and O–H groups in total. The molecule has 0 saturated carbocycles. The van der Waals surface area contributed by atoms with Gasteiger partial charge in [-0.3, -0.25) is 9.78 Å². The quantitative estimate of drug-likeness (QED) is 0.803. The number of hydrogen-bond donors (Lipinski definition) is 1. The number of pyridine rings is 1. The molecule has 4 nitrogen and oxygen atoms in total. The highest BCUT2D eigenvalue weighted by molar-refractivity contribution is 7.18. The van der Waals surface area contributed by atoms with E-state index in [1.165, 1.54) is 10.4 Å². The number of thiophene rings is 1. The third kappa shape index (κ3) is 2.68. The second kappa shape index (κ2) is 6.01. The van der Waals surface area contributed by atoms with Gasteiger partial charge in [-0.2, -0.15) is 0 Å². The Morgan fingerprint density at radius 1 is 1.27 bits per heavy atom. The van der Waals surface area contributed by atoms with E-state index < -0.39 is 0 Å². The van der Waals surface area contributed by atoms with Crippen LogP contribution in [0.25, 0.3) is 10.2 Å². The predicted molar refractivity (Wildman–Crippen MR) is 90.7 cm³/mol. The SMILES string of the molecule is CCc1c(C)sc2nc(CCc3ncccc3C)[nH]c(=O)c12. The van der Waals surface area contributed by atoms with Gasteiger partial charge < -0.3 is 4.98 Å². The molecule has 0 aliphatic rings. The molecule has 3 heterocycles. The minimum atomic E-state index is -0.0149. The van der Waals surface area contributed by atoms with Crippen LogP contribution in [0.4, 0.5) is 0 Å². The van der Waals surface area contributed by atoms with Gasteiger partial charge in [0.25, 0.3) is 5.56 Å². The lowest BCUT2D eigenvalue weighted by Crippen LogP contribution is -2.13. The highest BCUT2D eigenvalue weighted by Gasteiger charge is 2.13. The summed E-state index contributed by atoms with van der Waals surface area (Å²) >= 11 is 1.61. The van der Waals surface area contributed by atoms with Crippen molar-refractivity contribution in [3.05, 3.63) is 56.2 Å². The number of rotatable bonds is 4. The molecular formula is C17H19N3OS. The fraction of sp³-hybridized carbons (Fsp3) is 0.353. The number of hydrogen-bond acceptors (Lipinski definition) is 4. The van der Waals surface area contributed by atoms with Crippen molar-refractivity contribution < 1.29 is 0 Å². The van der Waals surface area contributed by atoms with E-state index in [1.807, 2.05) is 6.07 Å². The standard InChI is InChI=1S/C17H19N3OS/c1-4-12-11(3)22-17-15(12)16(21)19-14(20-17)8-7-13-10(2)6-5-9-18-13/h5-6,9H,4,7-8H2,1-3H3,(H,19,20,21). The molecule has 0 unspecified atom stereocenters. The monoisotopic (exact) mass is 313 g/mol. The zero-order valence-electron chi connectivity index (χ0n) is 13.1. The van der Waals surface area contributed by atoms with Crippen LogP contribution in [0.15, 0.2) is 23.1 Å². The van der Waals surface area contributed by atoms with Gasteiger partial charge in [0.1, 0.15) is 10.7 Å². The van der Waals surface area contributed by atoms with Gasteiger partial charge in [-0.25, -0.2) is 4.98 Å². The molecule has 0 saturated heterocycles. The lowest BCUT2D eigenvalue weighted by atomic mass is 10.1. The summed E-state index contributed by atoms with van der Waals surface area (Å²) in [6.45, 7) is 6.19. The minimum Gasteiger partial charge on any atom is -0.310 e. The van der Waals surface area contributed by atoms with Crippen LogP contribution in [-0.2, 0) is 19.3 Å². The zero-order chi connectivity index (χ0) is 15.7. The average molecular weight is 313 g/mol. The summed E-state index contributed by atoms with van der Waals surface area (Å²) in [6, 6.07) is 3.99. The summed E-state index contributed by atoms with van der Waals surface area (Å²) in [5.41, 5.74) is 3.34. The maximum Gasteiger partial charge on any atom is 0.259 e. The first kappa shape index (κ1) is 14.9. The topological polar surface area (TPSA) is 58.6 Å². The molecule has 0 spiro atoms. The van der Waals surface area contributed by atoms with E-state index in [1.54, 1.807) is 17.5 Å². The van der Waals surface area contributed by atoms with Gasteiger partial charge in [0.05, 0.1) is 5.39 Å². The molecule has 3 rings (SSSR count). The van der Waals surface area contributed by atoms with Gasteiger partial charge in [0.2, 0.25) is 0 Å². The van der Waals surface area contributed by atoms with Crippen molar-refractivity contribution in [2.24, 2.45) is 0 Å². The summed E-state index contributed by atoms with van der Waals surface area (Å²) in [5, 5.41) is 0.766. The molecule has 0 aromatic carbocycles. The van der Waals surface area contributed by atoms with E-state index in [4.69, 9.17) is 0 Å². The second-order valence-electron chi connectivity index (χ2n) is 5.45. The van der Waals surface area contributed by atoms with Gasteiger partial charge in [-0.15, -0.1) is 11.3 Å². The Morgan fingerprint density at radius 2 is 2.09 bits per heavy atom. The minimum absolute atomic E-state index is 0.0149. The molecule has 3 aromatic heterocycles. The molecule has 0 radical (unpaired) electrons. The van der Waals surface area contributed by atoms with Crippen molar-refractivity contribution in [3.8, 4) is 0 Å². The fourth-order valence-electron chi connectivity index (χ4n) is 2.78. The van der Waals surface area contributed by atoms with Gasteiger partial charge in [0.15, 0.2) is 0 Å². The van der Waals surface area contributed by atoms with Gasteiger partial charge in [0, 0.05) is 23.2 Å². The Balaban J connectivity index is 1.93. The first-order chi connectivity index (χ1) is 10.6. The number of aromatic amines is 1. The van der Waals surface area contributed by atoms with Crippen molar-refractivity contribution in [3.63, 3.8) is 0 Å². The van der Waals surface area contributed by atoms with E-state index in [2.05, 4.69) is 41.8 Å². The number of H-pyrrole nitrogens is 1. The number of nitrogens with one attached hydrogen (secondary N) is 1. The van der Waals surface area contributed by atoms with E-state index in [0.717, 1.165) is 40.1 Å². The first-order valence-electron chi connectivity index (χ1n) is 7.51. The van der Waals surface area contributed by atoms with Crippen LogP contribution in [0.1, 0.15) is 34.4 Å². The van der Waals surface area contributed by atoms with E-state index in [-0.39, 0.29) is 5.56 Å². The third-order valence-electron chi connectivity index (χ3n) is 3.98. The van der Waals surface area contributed by atoms with E-state index in [0.29, 0.717) is 6.42 Å². The largest absolute Gasteiger partial charge is 0.310 e. The molecule has 0 amide bonds. The Kier molecular flexibility index (Phi) is 4.07. The number of aryl methyl sites for hydroxylation is 5. The Bertz CT molecular complexity index is 879. The smallest absolute Gasteiger partial charge is 0.259 e. The molecular weight excluding hydrogens is 294 g/mol. The summed E-state index contributed by atoms with van der Waals surface area (Å²) < 4.78 is 0. The number of aromatic nitrogens is 3. The molecule has 0 aliphatic heterocycles. The van der Waals surface area contributed by atoms with Crippen LogP contribution in [0, 0.1) is 13.8 Å². The molecule has 114 valence electrons. The predicted octanol–water partition coefficient (Wildman–Crippen LogP) is 3.34. The van der Waals surface area contributed by atoms with Gasteiger partial charge in [-0.1, -0.05) is 13.0 Å². The molecule has 0 fully saturated rings. The summed E-state index contributed by atoms with van der Waals surface area (Å²) in [4.78, 5) is 26.4. The van der Waals surface area contributed by atoms with Crippen LogP contribution in [0.2, 0.25) is 0 Å². The highest BCUT2D eigenvalue weighted by Crippen LogP contribution is 2.27. The lowest BCUT2D eigenvalue weighted by molar-refractivity contribution is 0.832. The first-order valence-corrected chi connectivity index (χ1v) is 8.33. The fourth-order valence-corrected chi connectivity index (χ4v) is 3.91. The maximum atomic E-state index is 12.4. The van der Waals surface area contributed by atoms with E-state index in [9.17, 15) is 4.79 Å². The number of fused-ring (bicyclic) bond motifs is 1. The summed E-state index contributed by atoms with van der Waals surface area (Å²) in [7, 11) is 0. The van der Waals surface area contributed by atoms with Crippen LogP contribution in [0.3, 0.4) is 0 Å². The molecule has 0 atom stereocenters. The van der Waals surface area contributed by atoms with Crippen LogP contribution < -0.4 is 5.56 Å². The van der Waals surface area contributed by atoms with Crippen molar-refractivity contribution in [1.82, 2.24) is 15.0 Å². The molecule has 3 aromatic rings. The van der Waals surface area contributed by atoms with E-state index >= 15 is 0 Å². The maximum absolute atomic E-state index is 12.4. The van der Waals surface area contributed by atoms with Crippen LogP contribution in [-0.4, -0.2) is 15.0 Å². The second-order valence-corrected chi connectivity index (χ2v) is 6.65. The van der Waals surface area contributed by atoms with Gasteiger partial charge in [-0.05, 0) is 43.9 Å². The molecule has 0 aliphatic carbocycles. The van der Waals surface area contributed by atoms with Crippen molar-refractivity contribution in [1.29, 1.82) is 0 Å². The number of nitrogens with zero attached hydrogens (tertiary/aromatic N) is 2.